The Labute approximate surface area is 135 Å². The molecule has 1 N–H and O–H groups in total. The van der Waals surface area contributed by atoms with E-state index in [-0.39, 0.29) is 0 Å². The number of hydrogen-bond donors (Lipinski definition) is 1. The molecule has 0 bridgehead atoms. The molecule has 0 unspecified atom stereocenters. The molecule has 1 heterocycles. The van der Waals surface area contributed by atoms with Crippen LogP contribution in [0.1, 0.15) is 5.56 Å². The van der Waals surface area contributed by atoms with Gasteiger partial charge in [0.1, 0.15) is 12.4 Å². The van der Waals surface area contributed by atoms with E-state index in [0.29, 0.717) is 42.2 Å². The minimum atomic E-state index is 0.534. The Morgan fingerprint density at radius 2 is 2.10 bits per heavy atom. The van der Waals surface area contributed by atoms with Crippen molar-refractivity contribution in [2.24, 2.45) is 0 Å². The summed E-state index contributed by atoms with van der Waals surface area (Å²) in [5.41, 5.74) is 2.07. The number of halogens is 2. The SMILES string of the molecule is COCCOCCNCC1=Cc2cc(Cl)cc(Cl)c2OC1. The fraction of sp³-hybridized carbons (Fsp3) is 0.467. The maximum Gasteiger partial charge on any atom is 0.145 e. The summed E-state index contributed by atoms with van der Waals surface area (Å²) in [4.78, 5) is 0. The van der Waals surface area contributed by atoms with Gasteiger partial charge in [0.25, 0.3) is 0 Å². The van der Waals surface area contributed by atoms with Crippen LogP contribution in [0.3, 0.4) is 0 Å². The van der Waals surface area contributed by atoms with Crippen molar-refractivity contribution in [3.8, 4) is 5.75 Å². The molecule has 0 aliphatic carbocycles. The zero-order valence-corrected chi connectivity index (χ0v) is 13.5. The van der Waals surface area contributed by atoms with Gasteiger partial charge in [-0.2, -0.15) is 0 Å². The highest BCUT2D eigenvalue weighted by atomic mass is 35.5. The van der Waals surface area contributed by atoms with E-state index >= 15 is 0 Å². The van der Waals surface area contributed by atoms with E-state index in [1.165, 1.54) is 0 Å². The fourth-order valence-corrected chi connectivity index (χ4v) is 2.57. The Hall–Kier alpha value is -0.780. The summed E-state index contributed by atoms with van der Waals surface area (Å²) in [5, 5.41) is 4.47. The number of nitrogens with one attached hydrogen (secondary N) is 1. The van der Waals surface area contributed by atoms with E-state index in [2.05, 4.69) is 11.4 Å². The summed E-state index contributed by atoms with van der Waals surface area (Å²) in [7, 11) is 1.66. The first-order chi connectivity index (χ1) is 10.2. The molecule has 1 aromatic carbocycles. The Morgan fingerprint density at radius 1 is 1.24 bits per heavy atom. The van der Waals surface area contributed by atoms with Crippen molar-refractivity contribution < 1.29 is 14.2 Å². The molecule has 116 valence electrons. The van der Waals surface area contributed by atoms with Gasteiger partial charge in [-0.05, 0) is 23.8 Å². The van der Waals surface area contributed by atoms with Gasteiger partial charge in [0, 0.05) is 30.8 Å². The molecule has 0 atom stereocenters. The number of rotatable bonds is 8. The summed E-state index contributed by atoms with van der Waals surface area (Å²) >= 11 is 12.1. The normalized spacial score (nSPS) is 13.6. The van der Waals surface area contributed by atoms with E-state index in [9.17, 15) is 0 Å². The van der Waals surface area contributed by atoms with Gasteiger partial charge in [-0.3, -0.25) is 0 Å². The van der Waals surface area contributed by atoms with E-state index < -0.39 is 0 Å². The van der Waals surface area contributed by atoms with Crippen molar-refractivity contribution in [3.63, 3.8) is 0 Å². The second-order valence-corrected chi connectivity index (χ2v) is 5.52. The van der Waals surface area contributed by atoms with E-state index in [1.807, 2.05) is 6.07 Å². The van der Waals surface area contributed by atoms with E-state index in [1.54, 1.807) is 13.2 Å². The first kappa shape index (κ1) is 16.6. The summed E-state index contributed by atoms with van der Waals surface area (Å²) < 4.78 is 16.0. The lowest BCUT2D eigenvalue weighted by atomic mass is 10.1. The molecule has 0 aromatic heterocycles. The first-order valence-corrected chi connectivity index (χ1v) is 7.55. The molecule has 0 spiro atoms. The number of methoxy groups -OCH3 is 1. The van der Waals surface area contributed by atoms with Crippen molar-refractivity contribution in [2.75, 3.05) is 46.6 Å². The third kappa shape index (κ3) is 5.16. The topological polar surface area (TPSA) is 39.7 Å². The van der Waals surface area contributed by atoms with Crippen LogP contribution in [-0.4, -0.2) is 46.6 Å². The Balaban J connectivity index is 1.78. The third-order valence-corrected chi connectivity index (χ3v) is 3.50. The van der Waals surface area contributed by atoms with Crippen LogP contribution in [0.5, 0.6) is 5.75 Å². The van der Waals surface area contributed by atoms with Gasteiger partial charge in [0.15, 0.2) is 0 Å². The van der Waals surface area contributed by atoms with Gasteiger partial charge in [-0.25, -0.2) is 0 Å². The predicted octanol–water partition coefficient (Wildman–Crippen LogP) is 3.02. The number of benzene rings is 1. The number of fused-ring (bicyclic) bond motifs is 1. The van der Waals surface area contributed by atoms with Crippen LogP contribution >= 0.6 is 23.2 Å². The summed E-state index contributed by atoms with van der Waals surface area (Å²) in [5.74, 6) is 0.702. The molecular formula is C15H19Cl2NO3. The van der Waals surface area contributed by atoms with E-state index in [4.69, 9.17) is 37.4 Å². The molecular weight excluding hydrogens is 313 g/mol. The molecule has 1 aliphatic rings. The van der Waals surface area contributed by atoms with Crippen LogP contribution in [-0.2, 0) is 9.47 Å². The summed E-state index contributed by atoms with van der Waals surface area (Å²) in [6, 6.07) is 3.55. The van der Waals surface area contributed by atoms with Crippen molar-refractivity contribution in [1.82, 2.24) is 5.32 Å². The van der Waals surface area contributed by atoms with Crippen LogP contribution in [0.25, 0.3) is 6.08 Å². The minimum absolute atomic E-state index is 0.534. The quantitative estimate of drug-likeness (QED) is 0.743. The van der Waals surface area contributed by atoms with Gasteiger partial charge in [0.2, 0.25) is 0 Å². The minimum Gasteiger partial charge on any atom is -0.487 e. The molecule has 0 radical (unpaired) electrons. The lowest BCUT2D eigenvalue weighted by Crippen LogP contribution is -2.25. The second-order valence-electron chi connectivity index (χ2n) is 4.68. The van der Waals surface area contributed by atoms with Crippen molar-refractivity contribution >= 4 is 29.3 Å². The first-order valence-electron chi connectivity index (χ1n) is 6.79. The molecule has 4 nitrogen and oxygen atoms in total. The van der Waals surface area contributed by atoms with E-state index in [0.717, 1.165) is 24.2 Å². The monoisotopic (exact) mass is 331 g/mol. The summed E-state index contributed by atoms with van der Waals surface area (Å²) in [6.07, 6.45) is 2.06. The third-order valence-electron chi connectivity index (χ3n) is 3.01. The standard InChI is InChI=1S/C15H19Cl2NO3/c1-19-4-5-20-3-2-18-9-11-6-12-7-13(16)8-14(17)15(12)21-10-11/h6-8,18H,2-5,9-10H2,1H3. The molecule has 1 aliphatic heterocycles. The molecule has 0 fully saturated rings. The summed E-state index contributed by atoms with van der Waals surface area (Å²) in [6.45, 7) is 3.96. The predicted molar refractivity (Wildman–Crippen MR) is 85.5 cm³/mol. The van der Waals surface area contributed by atoms with Crippen molar-refractivity contribution in [1.29, 1.82) is 0 Å². The van der Waals surface area contributed by atoms with Crippen molar-refractivity contribution in [3.05, 3.63) is 33.3 Å². The molecule has 6 heteroatoms. The highest BCUT2D eigenvalue weighted by Gasteiger charge is 2.15. The molecule has 0 amide bonds. The van der Waals surface area contributed by atoms with Crippen molar-refractivity contribution in [2.45, 2.75) is 0 Å². The zero-order chi connectivity index (χ0) is 15.1. The molecule has 21 heavy (non-hydrogen) atoms. The lowest BCUT2D eigenvalue weighted by Gasteiger charge is -2.19. The van der Waals surface area contributed by atoms with Gasteiger partial charge in [-0.1, -0.05) is 23.2 Å². The van der Waals surface area contributed by atoms with Gasteiger partial charge in [-0.15, -0.1) is 0 Å². The highest BCUT2D eigenvalue weighted by molar-refractivity contribution is 6.36. The second kappa shape index (κ2) is 8.61. The van der Waals surface area contributed by atoms with Gasteiger partial charge >= 0.3 is 0 Å². The number of hydrogen-bond acceptors (Lipinski definition) is 4. The van der Waals surface area contributed by atoms with Crippen LogP contribution < -0.4 is 10.1 Å². The average molecular weight is 332 g/mol. The van der Waals surface area contributed by atoms with Crippen LogP contribution in [0.15, 0.2) is 17.7 Å². The largest absolute Gasteiger partial charge is 0.487 e. The maximum absolute atomic E-state index is 6.10. The zero-order valence-electron chi connectivity index (χ0n) is 12.0. The lowest BCUT2D eigenvalue weighted by molar-refractivity contribution is 0.0722. The Morgan fingerprint density at radius 3 is 2.90 bits per heavy atom. The highest BCUT2D eigenvalue weighted by Crippen LogP contribution is 2.36. The smallest absolute Gasteiger partial charge is 0.145 e. The van der Waals surface area contributed by atoms with Crippen LogP contribution in [0.2, 0.25) is 10.0 Å². The van der Waals surface area contributed by atoms with Crippen LogP contribution in [0.4, 0.5) is 0 Å². The Bertz CT molecular complexity index is 506. The van der Waals surface area contributed by atoms with Crippen LogP contribution in [0, 0.1) is 0 Å². The fourth-order valence-electron chi connectivity index (χ4n) is 2.01. The molecule has 0 saturated heterocycles. The maximum atomic E-state index is 6.10. The Kier molecular flexibility index (Phi) is 6.80. The number of ether oxygens (including phenoxy) is 3. The van der Waals surface area contributed by atoms with Gasteiger partial charge in [0.05, 0.1) is 24.8 Å². The van der Waals surface area contributed by atoms with Gasteiger partial charge < -0.3 is 19.5 Å². The molecule has 0 saturated carbocycles. The molecule has 2 rings (SSSR count). The average Bonchev–Trinajstić information content (AvgIpc) is 2.45. The molecule has 1 aromatic rings.